The van der Waals surface area contributed by atoms with Crippen molar-refractivity contribution in [3.8, 4) is 11.1 Å². The van der Waals surface area contributed by atoms with Crippen LogP contribution in [0.25, 0.3) is 43.4 Å². The normalized spacial score (nSPS) is 11.2. The lowest BCUT2D eigenvalue weighted by Gasteiger charge is -2.30. The van der Waals surface area contributed by atoms with E-state index in [-0.39, 0.29) is 0 Å². The van der Waals surface area contributed by atoms with Gasteiger partial charge in [-0.25, -0.2) is 0 Å². The zero-order valence-corrected chi connectivity index (χ0v) is 20.4. The molecule has 174 valence electrons. The van der Waals surface area contributed by atoms with E-state index in [9.17, 15) is 0 Å². The quantitative estimate of drug-likeness (QED) is 0.247. The van der Waals surface area contributed by atoms with Crippen molar-refractivity contribution >= 4 is 49.4 Å². The maximum atomic E-state index is 2.42. The molecule has 0 aliphatic heterocycles. The van der Waals surface area contributed by atoms with Crippen molar-refractivity contribution in [2.75, 3.05) is 4.90 Å². The van der Waals surface area contributed by atoms with Crippen LogP contribution in [0.3, 0.4) is 0 Å². The van der Waals surface area contributed by atoms with Gasteiger partial charge in [0.05, 0.1) is 11.4 Å². The maximum Gasteiger partial charge on any atom is 0.0546 e. The molecule has 0 heterocycles. The Morgan fingerprint density at radius 1 is 0.351 bits per heavy atom. The highest BCUT2D eigenvalue weighted by Gasteiger charge is 2.20. The third-order valence-corrected chi connectivity index (χ3v) is 7.21. The van der Waals surface area contributed by atoms with Crippen LogP contribution in [0.15, 0.2) is 152 Å². The van der Waals surface area contributed by atoms with Gasteiger partial charge < -0.3 is 4.90 Å². The van der Waals surface area contributed by atoms with Gasteiger partial charge in [0.1, 0.15) is 0 Å². The lowest BCUT2D eigenvalue weighted by atomic mass is 9.93. The second kappa shape index (κ2) is 8.96. The Bertz CT molecular complexity index is 1880. The summed E-state index contributed by atoms with van der Waals surface area (Å²) in [4.78, 5) is 2.42. The molecule has 0 saturated carbocycles. The first-order valence-corrected chi connectivity index (χ1v) is 12.7. The van der Waals surface area contributed by atoms with Crippen LogP contribution in [0, 0.1) is 0 Å². The summed E-state index contributed by atoms with van der Waals surface area (Å²) in [5.41, 5.74) is 5.92. The number of nitrogens with zero attached hydrogens (tertiary/aromatic N) is 1. The lowest BCUT2D eigenvalue weighted by molar-refractivity contribution is 1.30. The van der Waals surface area contributed by atoms with Gasteiger partial charge in [-0.05, 0) is 62.8 Å². The largest absolute Gasteiger partial charge is 0.309 e. The van der Waals surface area contributed by atoms with Gasteiger partial charge in [-0.3, -0.25) is 0 Å². The molecule has 7 rings (SSSR count). The predicted molar refractivity (Wildman–Crippen MR) is 159 cm³/mol. The zero-order valence-electron chi connectivity index (χ0n) is 20.4. The van der Waals surface area contributed by atoms with E-state index in [1.807, 2.05) is 0 Å². The zero-order chi connectivity index (χ0) is 24.6. The average molecular weight is 472 g/mol. The summed E-state index contributed by atoms with van der Waals surface area (Å²) in [5.74, 6) is 0. The lowest BCUT2D eigenvalue weighted by Crippen LogP contribution is -2.12. The summed E-state index contributed by atoms with van der Waals surface area (Å²) in [6.07, 6.45) is 0. The molecule has 0 aliphatic carbocycles. The Hall–Kier alpha value is -4.88. The van der Waals surface area contributed by atoms with Crippen LogP contribution in [0.4, 0.5) is 17.1 Å². The highest BCUT2D eigenvalue weighted by atomic mass is 15.1. The minimum absolute atomic E-state index is 1.14. The van der Waals surface area contributed by atoms with Gasteiger partial charge in [-0.15, -0.1) is 0 Å². The third-order valence-electron chi connectivity index (χ3n) is 7.21. The fourth-order valence-electron chi connectivity index (χ4n) is 5.48. The van der Waals surface area contributed by atoms with E-state index in [2.05, 4.69) is 157 Å². The number of rotatable bonds is 4. The maximum absolute atomic E-state index is 2.42. The van der Waals surface area contributed by atoms with Crippen LogP contribution in [0.1, 0.15) is 0 Å². The SMILES string of the molecule is c1ccc(N(c2ccc3ccccc3c2-c2ccc3ccccc3c2)c2cccc3ccccc23)cc1. The second-order valence-corrected chi connectivity index (χ2v) is 9.41. The molecular formula is C36H25N. The van der Waals surface area contributed by atoms with Crippen molar-refractivity contribution in [3.05, 3.63) is 152 Å². The number of fused-ring (bicyclic) bond motifs is 3. The van der Waals surface area contributed by atoms with E-state index in [1.165, 1.54) is 49.1 Å². The Balaban J connectivity index is 1.58. The topological polar surface area (TPSA) is 3.24 Å². The van der Waals surface area contributed by atoms with E-state index in [0.29, 0.717) is 0 Å². The van der Waals surface area contributed by atoms with Gasteiger partial charge >= 0.3 is 0 Å². The molecule has 0 unspecified atom stereocenters. The molecule has 0 fully saturated rings. The Morgan fingerprint density at radius 2 is 0.946 bits per heavy atom. The van der Waals surface area contributed by atoms with Crippen molar-refractivity contribution in [3.63, 3.8) is 0 Å². The molecule has 0 atom stereocenters. The van der Waals surface area contributed by atoms with Crippen molar-refractivity contribution in [2.24, 2.45) is 0 Å². The molecule has 0 spiro atoms. The van der Waals surface area contributed by atoms with Gasteiger partial charge in [-0.2, -0.15) is 0 Å². The number of hydrogen-bond acceptors (Lipinski definition) is 1. The number of para-hydroxylation sites is 1. The van der Waals surface area contributed by atoms with Crippen LogP contribution < -0.4 is 4.90 Å². The highest BCUT2D eigenvalue weighted by molar-refractivity contribution is 6.08. The Kier molecular flexibility index (Phi) is 5.19. The van der Waals surface area contributed by atoms with Crippen molar-refractivity contribution < 1.29 is 0 Å². The van der Waals surface area contributed by atoms with Crippen molar-refractivity contribution in [1.29, 1.82) is 0 Å². The van der Waals surface area contributed by atoms with Crippen LogP contribution in [-0.4, -0.2) is 0 Å². The van der Waals surface area contributed by atoms with Gasteiger partial charge in [0.2, 0.25) is 0 Å². The Labute approximate surface area is 216 Å². The molecule has 37 heavy (non-hydrogen) atoms. The molecule has 0 saturated heterocycles. The first-order chi connectivity index (χ1) is 18.4. The minimum atomic E-state index is 1.14. The molecule has 1 heteroatoms. The van der Waals surface area contributed by atoms with Gasteiger partial charge in [0.15, 0.2) is 0 Å². The van der Waals surface area contributed by atoms with Gasteiger partial charge in [0.25, 0.3) is 0 Å². The van der Waals surface area contributed by atoms with E-state index < -0.39 is 0 Å². The fraction of sp³-hybridized carbons (Fsp3) is 0. The smallest absolute Gasteiger partial charge is 0.0546 e. The predicted octanol–water partition coefficient (Wildman–Crippen LogP) is 10.3. The molecule has 0 bridgehead atoms. The molecule has 0 aliphatic rings. The van der Waals surface area contributed by atoms with E-state index in [0.717, 1.165) is 11.4 Å². The average Bonchev–Trinajstić information content (AvgIpc) is 2.97. The second-order valence-electron chi connectivity index (χ2n) is 9.41. The minimum Gasteiger partial charge on any atom is -0.309 e. The van der Waals surface area contributed by atoms with Crippen LogP contribution in [0.2, 0.25) is 0 Å². The molecule has 0 radical (unpaired) electrons. The number of benzene rings is 7. The summed E-state index contributed by atoms with van der Waals surface area (Å²) < 4.78 is 0. The summed E-state index contributed by atoms with van der Waals surface area (Å²) in [6.45, 7) is 0. The van der Waals surface area contributed by atoms with Crippen molar-refractivity contribution in [1.82, 2.24) is 0 Å². The molecule has 0 N–H and O–H groups in total. The van der Waals surface area contributed by atoms with Gasteiger partial charge in [-0.1, -0.05) is 121 Å². The Morgan fingerprint density at radius 3 is 1.76 bits per heavy atom. The standard InChI is InChI=1S/C36H25N/c1-2-16-31(17-3-1)37(34-20-10-15-27-12-6-8-18-32(27)34)35-24-23-28-13-7-9-19-33(28)36(35)30-22-21-26-11-4-5-14-29(26)25-30/h1-25H. The van der Waals surface area contributed by atoms with Gasteiger partial charge in [0, 0.05) is 16.6 Å². The van der Waals surface area contributed by atoms with E-state index >= 15 is 0 Å². The molecule has 1 nitrogen and oxygen atoms in total. The van der Waals surface area contributed by atoms with Crippen LogP contribution in [-0.2, 0) is 0 Å². The fourth-order valence-corrected chi connectivity index (χ4v) is 5.48. The molecule has 7 aromatic rings. The molecular weight excluding hydrogens is 446 g/mol. The first kappa shape index (κ1) is 21.4. The summed E-state index contributed by atoms with van der Waals surface area (Å²) in [7, 11) is 0. The summed E-state index contributed by atoms with van der Waals surface area (Å²) >= 11 is 0. The molecule has 7 aromatic carbocycles. The van der Waals surface area contributed by atoms with E-state index in [4.69, 9.17) is 0 Å². The monoisotopic (exact) mass is 471 g/mol. The summed E-state index contributed by atoms with van der Waals surface area (Å²) in [5, 5.41) is 7.44. The number of hydrogen-bond donors (Lipinski definition) is 0. The van der Waals surface area contributed by atoms with E-state index in [1.54, 1.807) is 0 Å². The molecule has 0 aromatic heterocycles. The number of anilines is 3. The van der Waals surface area contributed by atoms with Crippen LogP contribution in [0.5, 0.6) is 0 Å². The molecule has 0 amide bonds. The van der Waals surface area contributed by atoms with Crippen molar-refractivity contribution in [2.45, 2.75) is 0 Å². The first-order valence-electron chi connectivity index (χ1n) is 12.7. The van der Waals surface area contributed by atoms with Crippen LogP contribution >= 0.6 is 0 Å². The highest BCUT2D eigenvalue weighted by Crippen LogP contribution is 2.46. The summed E-state index contributed by atoms with van der Waals surface area (Å²) in [6, 6.07) is 54.6. The third kappa shape index (κ3) is 3.73.